The van der Waals surface area contributed by atoms with Crippen molar-refractivity contribution in [1.82, 2.24) is 0 Å². The molecule has 1 heterocycles. The molecule has 0 aliphatic carbocycles. The first-order valence-electron chi connectivity index (χ1n) is 13.4. The molecule has 1 aliphatic heterocycles. The number of anilines is 2. The van der Waals surface area contributed by atoms with Crippen LogP contribution in [0.3, 0.4) is 0 Å². The van der Waals surface area contributed by atoms with Crippen LogP contribution in [0.2, 0.25) is 0 Å². The fourth-order valence-electron chi connectivity index (χ4n) is 5.20. The molecule has 5 aromatic rings. The number of carbonyl (C=O) groups excluding carboxylic acids is 2. The van der Waals surface area contributed by atoms with Gasteiger partial charge >= 0.3 is 0 Å². The summed E-state index contributed by atoms with van der Waals surface area (Å²) in [7, 11) is 0. The van der Waals surface area contributed by atoms with Crippen LogP contribution in [-0.2, 0) is 6.42 Å². The second-order valence-corrected chi connectivity index (χ2v) is 9.80. The number of benzene rings is 5. The van der Waals surface area contributed by atoms with E-state index in [1.165, 1.54) is 0 Å². The van der Waals surface area contributed by atoms with Gasteiger partial charge in [-0.05, 0) is 65.1 Å². The van der Waals surface area contributed by atoms with Crippen molar-refractivity contribution in [2.45, 2.75) is 12.5 Å². The van der Waals surface area contributed by atoms with Crippen molar-refractivity contribution in [2.24, 2.45) is 0 Å². The highest BCUT2D eigenvalue weighted by Crippen LogP contribution is 2.44. The number of carbonyl (C=O) groups is 2. The van der Waals surface area contributed by atoms with Gasteiger partial charge in [-0.15, -0.1) is 0 Å². The van der Waals surface area contributed by atoms with Gasteiger partial charge in [-0.25, -0.2) is 0 Å². The average Bonchev–Trinajstić information content (AvgIpc) is 3.39. The zero-order valence-electron chi connectivity index (χ0n) is 21.9. The number of fused-ring (bicyclic) bond motifs is 1. The molecule has 4 nitrogen and oxygen atoms in total. The molecule has 1 aliphatic rings. The molecule has 0 saturated carbocycles. The maximum absolute atomic E-state index is 14.0. The Morgan fingerprint density at radius 2 is 1.25 bits per heavy atom. The fraction of sp³-hybridized carbons (Fsp3) is 0.0556. The summed E-state index contributed by atoms with van der Waals surface area (Å²) in [5, 5.41) is 3.12. The summed E-state index contributed by atoms with van der Waals surface area (Å²) in [4.78, 5) is 29.1. The topological polar surface area (TPSA) is 49.4 Å². The van der Waals surface area contributed by atoms with Crippen LogP contribution >= 0.6 is 0 Å². The standard InChI is InChI=1S/C36H28N2O2/c39-35(28-17-9-3-10-18-28)37-32-25-34-31(23-30(32)22-21-26-13-5-1-6-14-26)24-33(27-15-7-2-8-16-27)38(34)36(40)29-19-11-4-12-20-29/h1-23,25,33H,24H2,(H,37,39)/b22-21+/t33-/m0/s1. The molecular weight excluding hydrogens is 492 g/mol. The van der Waals surface area contributed by atoms with Gasteiger partial charge in [0.05, 0.1) is 17.4 Å². The Balaban J connectivity index is 1.46. The Hall–Kier alpha value is -5.22. The van der Waals surface area contributed by atoms with E-state index >= 15 is 0 Å². The van der Waals surface area contributed by atoms with E-state index in [4.69, 9.17) is 0 Å². The summed E-state index contributed by atoms with van der Waals surface area (Å²) in [6.45, 7) is 0. The summed E-state index contributed by atoms with van der Waals surface area (Å²) >= 11 is 0. The highest BCUT2D eigenvalue weighted by Gasteiger charge is 2.36. The highest BCUT2D eigenvalue weighted by atomic mass is 16.2. The van der Waals surface area contributed by atoms with Crippen LogP contribution < -0.4 is 10.2 Å². The number of nitrogens with one attached hydrogen (secondary N) is 1. The molecule has 4 heteroatoms. The van der Waals surface area contributed by atoms with E-state index in [1.54, 1.807) is 12.1 Å². The Morgan fingerprint density at radius 1 is 0.675 bits per heavy atom. The van der Waals surface area contributed by atoms with E-state index < -0.39 is 0 Å². The van der Waals surface area contributed by atoms with Crippen LogP contribution in [0.1, 0.15) is 49.0 Å². The smallest absolute Gasteiger partial charge is 0.258 e. The molecule has 0 bridgehead atoms. The maximum Gasteiger partial charge on any atom is 0.258 e. The first kappa shape index (κ1) is 25.1. The molecule has 194 valence electrons. The van der Waals surface area contributed by atoms with Crippen LogP contribution in [0, 0.1) is 0 Å². The molecule has 40 heavy (non-hydrogen) atoms. The first-order chi connectivity index (χ1) is 19.7. The first-order valence-corrected chi connectivity index (χ1v) is 13.4. The molecule has 0 radical (unpaired) electrons. The normalized spacial score (nSPS) is 14.2. The van der Waals surface area contributed by atoms with Crippen LogP contribution in [0.15, 0.2) is 133 Å². The maximum atomic E-state index is 14.0. The van der Waals surface area contributed by atoms with Gasteiger partial charge in [-0.1, -0.05) is 109 Å². The number of rotatable bonds is 6. The van der Waals surface area contributed by atoms with E-state index in [-0.39, 0.29) is 17.9 Å². The SMILES string of the molecule is O=C(Nc1cc2c(cc1/C=C/c1ccccc1)C[C@@H](c1ccccc1)N2C(=O)c1ccccc1)c1ccccc1. The lowest BCUT2D eigenvalue weighted by molar-refractivity contribution is 0.0978. The quantitative estimate of drug-likeness (QED) is 0.230. The van der Waals surface area contributed by atoms with Crippen LogP contribution in [-0.4, -0.2) is 11.8 Å². The van der Waals surface area contributed by atoms with E-state index in [2.05, 4.69) is 23.5 Å². The van der Waals surface area contributed by atoms with Crippen molar-refractivity contribution >= 4 is 35.3 Å². The summed E-state index contributed by atoms with van der Waals surface area (Å²) in [6.07, 6.45) is 4.74. The van der Waals surface area contributed by atoms with Crippen molar-refractivity contribution in [3.63, 3.8) is 0 Å². The van der Waals surface area contributed by atoms with Gasteiger partial charge in [0.1, 0.15) is 0 Å². The minimum atomic E-state index is -0.201. The van der Waals surface area contributed by atoms with Gasteiger partial charge in [0.25, 0.3) is 11.8 Å². The van der Waals surface area contributed by atoms with Crippen molar-refractivity contribution in [1.29, 1.82) is 0 Å². The lowest BCUT2D eigenvalue weighted by Gasteiger charge is -2.26. The average molecular weight is 521 g/mol. The molecule has 0 saturated heterocycles. The summed E-state index contributed by atoms with van der Waals surface area (Å²) in [6, 6.07) is 42.6. The van der Waals surface area contributed by atoms with Crippen molar-refractivity contribution in [3.05, 3.63) is 167 Å². The molecular formula is C36H28N2O2. The number of hydrogen-bond acceptors (Lipinski definition) is 2. The van der Waals surface area contributed by atoms with Gasteiger partial charge in [0, 0.05) is 11.1 Å². The zero-order chi connectivity index (χ0) is 27.3. The molecule has 2 amide bonds. The van der Waals surface area contributed by atoms with Crippen molar-refractivity contribution in [2.75, 3.05) is 10.2 Å². The van der Waals surface area contributed by atoms with Crippen LogP contribution in [0.4, 0.5) is 11.4 Å². The van der Waals surface area contributed by atoms with E-state index in [0.29, 0.717) is 23.2 Å². The number of hydrogen-bond donors (Lipinski definition) is 1. The third-order valence-electron chi connectivity index (χ3n) is 7.20. The lowest BCUT2D eigenvalue weighted by Crippen LogP contribution is -2.32. The zero-order valence-corrected chi connectivity index (χ0v) is 21.9. The molecule has 6 rings (SSSR count). The minimum absolute atomic E-state index is 0.0684. The predicted molar refractivity (Wildman–Crippen MR) is 162 cm³/mol. The van der Waals surface area contributed by atoms with Crippen LogP contribution in [0.25, 0.3) is 12.2 Å². The second-order valence-electron chi connectivity index (χ2n) is 9.80. The van der Waals surface area contributed by atoms with E-state index in [1.807, 2.05) is 120 Å². The van der Waals surface area contributed by atoms with Gasteiger partial charge in [-0.2, -0.15) is 0 Å². The van der Waals surface area contributed by atoms with Crippen molar-refractivity contribution < 1.29 is 9.59 Å². The molecule has 5 aromatic carbocycles. The molecule has 0 fully saturated rings. The Labute approximate surface area is 234 Å². The summed E-state index contributed by atoms with van der Waals surface area (Å²) in [5.41, 5.74) is 6.73. The third kappa shape index (κ3) is 5.20. The molecule has 0 aromatic heterocycles. The summed E-state index contributed by atoms with van der Waals surface area (Å²) in [5.74, 6) is -0.269. The monoisotopic (exact) mass is 520 g/mol. The summed E-state index contributed by atoms with van der Waals surface area (Å²) < 4.78 is 0. The molecule has 1 atom stereocenters. The van der Waals surface area contributed by atoms with Crippen LogP contribution in [0.5, 0.6) is 0 Å². The fourth-order valence-corrected chi connectivity index (χ4v) is 5.20. The van der Waals surface area contributed by atoms with Crippen molar-refractivity contribution in [3.8, 4) is 0 Å². The van der Waals surface area contributed by atoms with E-state index in [9.17, 15) is 9.59 Å². The van der Waals surface area contributed by atoms with Gasteiger partial charge < -0.3 is 10.2 Å². The highest BCUT2D eigenvalue weighted by molar-refractivity contribution is 6.10. The third-order valence-corrected chi connectivity index (χ3v) is 7.20. The molecule has 0 unspecified atom stereocenters. The van der Waals surface area contributed by atoms with Gasteiger partial charge in [0.15, 0.2) is 0 Å². The molecule has 1 N–H and O–H groups in total. The number of nitrogens with zero attached hydrogens (tertiary/aromatic N) is 1. The molecule has 0 spiro atoms. The Kier molecular flexibility index (Phi) is 7.06. The largest absolute Gasteiger partial charge is 0.321 e. The van der Waals surface area contributed by atoms with Gasteiger partial charge in [0.2, 0.25) is 0 Å². The van der Waals surface area contributed by atoms with Gasteiger partial charge in [-0.3, -0.25) is 9.59 Å². The number of amides is 2. The van der Waals surface area contributed by atoms with E-state index in [0.717, 1.165) is 27.9 Å². The second kappa shape index (κ2) is 11.3. The predicted octanol–water partition coefficient (Wildman–Crippen LogP) is 8.05. The lowest BCUT2D eigenvalue weighted by atomic mass is 10.00. The minimum Gasteiger partial charge on any atom is -0.321 e. The Morgan fingerprint density at radius 3 is 1.90 bits per heavy atom. The Bertz CT molecular complexity index is 1660.